The van der Waals surface area contributed by atoms with Gasteiger partial charge in [-0.1, -0.05) is 41.9 Å². The molecule has 1 fully saturated rings. The molecule has 5 nitrogen and oxygen atoms in total. The monoisotopic (exact) mass is 423 g/mol. The zero-order chi connectivity index (χ0) is 19.2. The van der Waals surface area contributed by atoms with Gasteiger partial charge >= 0.3 is 0 Å². The average molecular weight is 424 g/mol. The summed E-state index contributed by atoms with van der Waals surface area (Å²) in [5.41, 5.74) is 2.11. The van der Waals surface area contributed by atoms with Gasteiger partial charge in [-0.25, -0.2) is 0 Å². The Bertz CT molecular complexity index is 788. The van der Waals surface area contributed by atoms with Crippen molar-refractivity contribution in [1.82, 2.24) is 15.1 Å². The molecule has 0 saturated carbocycles. The number of benzene rings is 2. The highest BCUT2D eigenvalue weighted by Crippen LogP contribution is 2.28. The molecule has 0 aliphatic carbocycles. The molecule has 2 aromatic rings. The standard InChI is InChI=1S/C21H26ClN3O2.ClH/c1-24(14-16-6-5-7-17(12-16)27-2)21(26)15-25-11-10-23-13-20(25)18-8-3-4-9-19(18)22;/h3-9,12,20,23H,10-11,13-15H2,1-2H3;1H. The van der Waals surface area contributed by atoms with Crippen LogP contribution in [0.5, 0.6) is 5.75 Å². The number of methoxy groups -OCH3 is 1. The maximum Gasteiger partial charge on any atom is 0.236 e. The summed E-state index contributed by atoms with van der Waals surface area (Å²) in [6, 6.07) is 15.8. The van der Waals surface area contributed by atoms with Crippen LogP contribution in [-0.2, 0) is 11.3 Å². The van der Waals surface area contributed by atoms with Crippen LogP contribution in [0.1, 0.15) is 17.2 Å². The molecule has 1 heterocycles. The molecule has 1 amide bonds. The molecule has 2 aromatic carbocycles. The molecule has 1 saturated heterocycles. The smallest absolute Gasteiger partial charge is 0.236 e. The SMILES string of the molecule is COc1cccc(CN(C)C(=O)CN2CCNCC2c2ccccc2Cl)c1.Cl. The Morgan fingerprint density at radius 3 is 2.82 bits per heavy atom. The van der Waals surface area contributed by atoms with Crippen molar-refractivity contribution in [1.29, 1.82) is 0 Å². The second-order valence-corrected chi connectivity index (χ2v) is 7.22. The van der Waals surface area contributed by atoms with E-state index in [9.17, 15) is 4.79 Å². The second-order valence-electron chi connectivity index (χ2n) is 6.81. The highest BCUT2D eigenvalue weighted by molar-refractivity contribution is 6.31. The fraction of sp³-hybridized carbons (Fsp3) is 0.381. The molecule has 7 heteroatoms. The number of ether oxygens (including phenoxy) is 1. The lowest BCUT2D eigenvalue weighted by Gasteiger charge is -2.37. The van der Waals surface area contributed by atoms with E-state index in [0.717, 1.165) is 41.5 Å². The van der Waals surface area contributed by atoms with Gasteiger partial charge in [0.25, 0.3) is 0 Å². The zero-order valence-electron chi connectivity index (χ0n) is 16.2. The maximum atomic E-state index is 12.8. The van der Waals surface area contributed by atoms with Crippen molar-refractivity contribution in [2.24, 2.45) is 0 Å². The van der Waals surface area contributed by atoms with Crippen LogP contribution in [0, 0.1) is 0 Å². The molecule has 0 radical (unpaired) electrons. The topological polar surface area (TPSA) is 44.8 Å². The summed E-state index contributed by atoms with van der Waals surface area (Å²) in [4.78, 5) is 16.8. The summed E-state index contributed by atoms with van der Waals surface area (Å²) in [5, 5.41) is 4.15. The minimum Gasteiger partial charge on any atom is -0.497 e. The van der Waals surface area contributed by atoms with Crippen LogP contribution in [0.3, 0.4) is 0 Å². The van der Waals surface area contributed by atoms with E-state index >= 15 is 0 Å². The van der Waals surface area contributed by atoms with E-state index in [4.69, 9.17) is 16.3 Å². The number of nitrogens with one attached hydrogen (secondary N) is 1. The number of hydrogen-bond acceptors (Lipinski definition) is 4. The lowest BCUT2D eigenvalue weighted by atomic mass is 10.0. The van der Waals surface area contributed by atoms with Crippen LogP contribution in [0.15, 0.2) is 48.5 Å². The van der Waals surface area contributed by atoms with Gasteiger partial charge in [-0.3, -0.25) is 9.69 Å². The highest BCUT2D eigenvalue weighted by atomic mass is 35.5. The highest BCUT2D eigenvalue weighted by Gasteiger charge is 2.27. The summed E-state index contributed by atoms with van der Waals surface area (Å²) < 4.78 is 5.26. The van der Waals surface area contributed by atoms with Crippen molar-refractivity contribution in [2.45, 2.75) is 12.6 Å². The predicted octanol–water partition coefficient (Wildman–Crippen LogP) is 3.38. The van der Waals surface area contributed by atoms with Crippen LogP contribution >= 0.6 is 24.0 Å². The lowest BCUT2D eigenvalue weighted by Crippen LogP contribution is -2.49. The summed E-state index contributed by atoms with van der Waals surface area (Å²) in [5.74, 6) is 0.894. The van der Waals surface area contributed by atoms with Crippen molar-refractivity contribution in [3.63, 3.8) is 0 Å². The largest absolute Gasteiger partial charge is 0.497 e. The molecule has 1 unspecified atom stereocenters. The van der Waals surface area contributed by atoms with Gasteiger partial charge in [0.1, 0.15) is 5.75 Å². The number of likely N-dealkylation sites (N-methyl/N-ethyl adjacent to an activating group) is 1. The quantitative estimate of drug-likeness (QED) is 0.773. The number of halogens is 2. The number of piperazine rings is 1. The van der Waals surface area contributed by atoms with E-state index in [-0.39, 0.29) is 24.4 Å². The summed E-state index contributed by atoms with van der Waals surface area (Å²) in [7, 11) is 3.49. The third-order valence-electron chi connectivity index (χ3n) is 4.94. The Kier molecular flexibility index (Phi) is 8.58. The van der Waals surface area contributed by atoms with E-state index in [0.29, 0.717) is 13.1 Å². The van der Waals surface area contributed by atoms with Gasteiger partial charge in [0, 0.05) is 44.3 Å². The Balaban J connectivity index is 0.00000280. The Morgan fingerprint density at radius 1 is 1.29 bits per heavy atom. The molecule has 0 spiro atoms. The van der Waals surface area contributed by atoms with E-state index in [1.807, 2.05) is 55.6 Å². The first-order valence-corrected chi connectivity index (χ1v) is 9.52. The first-order chi connectivity index (χ1) is 13.1. The molecule has 1 aliphatic heterocycles. The van der Waals surface area contributed by atoms with E-state index in [1.165, 1.54) is 0 Å². The third-order valence-corrected chi connectivity index (χ3v) is 5.28. The van der Waals surface area contributed by atoms with E-state index < -0.39 is 0 Å². The molecule has 0 aromatic heterocycles. The van der Waals surface area contributed by atoms with Gasteiger partial charge in [-0.05, 0) is 29.3 Å². The summed E-state index contributed by atoms with van der Waals surface area (Å²) >= 11 is 6.40. The number of carbonyl (C=O) groups is 1. The first kappa shape index (κ1) is 22.5. The van der Waals surface area contributed by atoms with Crippen molar-refractivity contribution in [3.8, 4) is 5.75 Å². The average Bonchev–Trinajstić information content (AvgIpc) is 2.69. The Morgan fingerprint density at radius 2 is 2.07 bits per heavy atom. The minimum absolute atomic E-state index is 0. The van der Waals surface area contributed by atoms with E-state index in [2.05, 4.69) is 10.2 Å². The van der Waals surface area contributed by atoms with Gasteiger partial charge in [0.15, 0.2) is 0 Å². The maximum absolute atomic E-state index is 12.8. The second kappa shape index (κ2) is 10.7. The van der Waals surface area contributed by atoms with Crippen LogP contribution in [0.25, 0.3) is 0 Å². The first-order valence-electron chi connectivity index (χ1n) is 9.14. The minimum atomic E-state index is 0. The van der Waals surface area contributed by atoms with Crippen molar-refractivity contribution >= 4 is 29.9 Å². The van der Waals surface area contributed by atoms with Crippen molar-refractivity contribution < 1.29 is 9.53 Å². The number of carbonyl (C=O) groups excluding carboxylic acids is 1. The molecule has 152 valence electrons. The van der Waals surface area contributed by atoms with Gasteiger partial charge in [0.05, 0.1) is 13.7 Å². The van der Waals surface area contributed by atoms with Crippen molar-refractivity contribution in [3.05, 3.63) is 64.7 Å². The van der Waals surface area contributed by atoms with Crippen LogP contribution < -0.4 is 10.1 Å². The lowest BCUT2D eigenvalue weighted by molar-refractivity contribution is -0.132. The molecular formula is C21H27Cl2N3O2. The number of hydrogen-bond donors (Lipinski definition) is 1. The molecule has 3 rings (SSSR count). The third kappa shape index (κ3) is 5.61. The molecule has 28 heavy (non-hydrogen) atoms. The molecular weight excluding hydrogens is 397 g/mol. The molecule has 0 bridgehead atoms. The molecule has 1 N–H and O–H groups in total. The fourth-order valence-electron chi connectivity index (χ4n) is 3.41. The van der Waals surface area contributed by atoms with Gasteiger partial charge in [-0.2, -0.15) is 0 Å². The molecule has 1 atom stereocenters. The summed E-state index contributed by atoms with van der Waals surface area (Å²) in [6.07, 6.45) is 0. The van der Waals surface area contributed by atoms with Crippen LogP contribution in [0.4, 0.5) is 0 Å². The van der Waals surface area contributed by atoms with Gasteiger partial charge in [-0.15, -0.1) is 12.4 Å². The van der Waals surface area contributed by atoms with Crippen LogP contribution in [0.2, 0.25) is 5.02 Å². The Labute approximate surface area is 178 Å². The summed E-state index contributed by atoms with van der Waals surface area (Å²) in [6.45, 7) is 3.40. The van der Waals surface area contributed by atoms with Gasteiger partial charge in [0.2, 0.25) is 5.91 Å². The van der Waals surface area contributed by atoms with Crippen LogP contribution in [-0.4, -0.2) is 56.0 Å². The number of amides is 1. The fourth-order valence-corrected chi connectivity index (χ4v) is 3.68. The predicted molar refractivity (Wildman–Crippen MR) is 115 cm³/mol. The number of rotatable bonds is 6. The van der Waals surface area contributed by atoms with Gasteiger partial charge < -0.3 is 15.0 Å². The zero-order valence-corrected chi connectivity index (χ0v) is 17.8. The van der Waals surface area contributed by atoms with E-state index in [1.54, 1.807) is 12.0 Å². The Hall–Kier alpha value is -1.79. The normalized spacial score (nSPS) is 16.9. The number of nitrogens with zero attached hydrogens (tertiary/aromatic N) is 2. The van der Waals surface area contributed by atoms with Crippen molar-refractivity contribution in [2.75, 3.05) is 40.3 Å². The molecule has 1 aliphatic rings.